The summed E-state index contributed by atoms with van der Waals surface area (Å²) in [6.07, 6.45) is 9.64. The molecule has 5 rings (SSSR count). The molecular formula is C21H20N3+. The Morgan fingerprint density at radius 2 is 1.83 bits per heavy atom. The number of hydrogen-bond acceptors (Lipinski definition) is 0. The standard InChI is InChI=1S/C21H20N3/c1-14-9-19-15(11-18(14)21-22(2)7-8-23(21)3)10-16-13-24-6-4-5-17(24)12-20(16)19/h4-9,11-13H,10H2,1-3H3/q+1. The van der Waals surface area contributed by atoms with Crippen molar-refractivity contribution in [2.24, 2.45) is 14.1 Å². The lowest BCUT2D eigenvalue weighted by Gasteiger charge is -2.08. The van der Waals surface area contributed by atoms with E-state index in [1.807, 2.05) is 0 Å². The zero-order valence-electron chi connectivity index (χ0n) is 14.2. The van der Waals surface area contributed by atoms with Crippen LogP contribution in [-0.4, -0.2) is 8.97 Å². The molecule has 3 heteroatoms. The Labute approximate surface area is 141 Å². The Balaban J connectivity index is 1.73. The molecule has 0 amide bonds. The van der Waals surface area contributed by atoms with E-state index in [9.17, 15) is 0 Å². The predicted molar refractivity (Wildman–Crippen MR) is 96.0 cm³/mol. The van der Waals surface area contributed by atoms with E-state index in [1.165, 1.54) is 44.7 Å². The summed E-state index contributed by atoms with van der Waals surface area (Å²) in [7, 11) is 4.22. The molecule has 0 N–H and O–H groups in total. The molecule has 3 heterocycles. The minimum Gasteiger partial charge on any atom is -0.324 e. The highest BCUT2D eigenvalue weighted by molar-refractivity contribution is 5.82. The molecule has 1 aliphatic carbocycles. The van der Waals surface area contributed by atoms with Gasteiger partial charge in [-0.2, -0.15) is 0 Å². The molecule has 0 saturated heterocycles. The topological polar surface area (TPSA) is 13.2 Å². The van der Waals surface area contributed by atoms with Gasteiger partial charge in [0.05, 0.1) is 19.7 Å². The summed E-state index contributed by atoms with van der Waals surface area (Å²) in [5.41, 5.74) is 9.55. The van der Waals surface area contributed by atoms with Crippen molar-refractivity contribution < 1.29 is 4.57 Å². The van der Waals surface area contributed by atoms with Gasteiger partial charge in [-0.25, -0.2) is 9.13 Å². The van der Waals surface area contributed by atoms with Crippen LogP contribution in [0.3, 0.4) is 0 Å². The first-order valence-corrected chi connectivity index (χ1v) is 8.36. The minimum atomic E-state index is 1.01. The Morgan fingerprint density at radius 3 is 2.62 bits per heavy atom. The van der Waals surface area contributed by atoms with Crippen LogP contribution in [-0.2, 0) is 20.5 Å². The molecule has 4 aromatic rings. The van der Waals surface area contributed by atoms with Gasteiger partial charge in [-0.15, -0.1) is 0 Å². The van der Waals surface area contributed by atoms with Crippen molar-refractivity contribution in [3.63, 3.8) is 0 Å². The molecule has 3 nitrogen and oxygen atoms in total. The number of aromatic nitrogens is 3. The van der Waals surface area contributed by atoms with Gasteiger partial charge < -0.3 is 4.40 Å². The second kappa shape index (κ2) is 4.60. The molecule has 0 bridgehead atoms. The molecule has 3 aromatic heterocycles. The first kappa shape index (κ1) is 13.6. The van der Waals surface area contributed by atoms with E-state index in [2.05, 4.69) is 89.7 Å². The van der Waals surface area contributed by atoms with E-state index < -0.39 is 0 Å². The summed E-state index contributed by atoms with van der Waals surface area (Å²) in [6, 6.07) is 11.3. The van der Waals surface area contributed by atoms with E-state index in [4.69, 9.17) is 0 Å². The number of imidazole rings is 1. The molecule has 0 radical (unpaired) electrons. The van der Waals surface area contributed by atoms with Gasteiger partial charge in [-0.3, -0.25) is 0 Å². The number of aryl methyl sites for hydroxylation is 3. The van der Waals surface area contributed by atoms with Gasteiger partial charge in [-0.1, -0.05) is 6.07 Å². The number of hydrogen-bond donors (Lipinski definition) is 0. The lowest BCUT2D eigenvalue weighted by atomic mass is 9.98. The van der Waals surface area contributed by atoms with Crippen molar-refractivity contribution in [3.8, 4) is 22.5 Å². The smallest absolute Gasteiger partial charge is 0.288 e. The van der Waals surface area contributed by atoms with E-state index in [1.54, 1.807) is 0 Å². The molecular weight excluding hydrogens is 294 g/mol. The second-order valence-corrected chi connectivity index (χ2v) is 6.90. The van der Waals surface area contributed by atoms with Crippen molar-refractivity contribution >= 4 is 5.52 Å². The van der Waals surface area contributed by atoms with Crippen molar-refractivity contribution in [2.75, 3.05) is 0 Å². The van der Waals surface area contributed by atoms with Crippen LogP contribution < -0.4 is 4.57 Å². The quantitative estimate of drug-likeness (QED) is 0.419. The highest BCUT2D eigenvalue weighted by Crippen LogP contribution is 2.40. The number of rotatable bonds is 1. The van der Waals surface area contributed by atoms with E-state index in [0.717, 1.165) is 6.42 Å². The van der Waals surface area contributed by atoms with Gasteiger partial charge in [0.25, 0.3) is 5.82 Å². The van der Waals surface area contributed by atoms with Crippen molar-refractivity contribution in [1.82, 2.24) is 8.97 Å². The fraction of sp³-hybridized carbons (Fsp3) is 0.190. The summed E-state index contributed by atoms with van der Waals surface area (Å²) < 4.78 is 6.61. The maximum Gasteiger partial charge on any atom is 0.288 e. The summed E-state index contributed by atoms with van der Waals surface area (Å²) in [5.74, 6) is 1.25. The van der Waals surface area contributed by atoms with Gasteiger partial charge in [-0.05, 0) is 59.0 Å². The van der Waals surface area contributed by atoms with Crippen molar-refractivity contribution in [2.45, 2.75) is 13.3 Å². The van der Waals surface area contributed by atoms with E-state index in [-0.39, 0.29) is 0 Å². The molecule has 0 fully saturated rings. The average Bonchev–Trinajstić information content (AvgIpc) is 3.23. The Kier molecular flexibility index (Phi) is 2.61. The molecule has 24 heavy (non-hydrogen) atoms. The van der Waals surface area contributed by atoms with Gasteiger partial charge in [0.1, 0.15) is 12.4 Å². The molecule has 0 spiro atoms. The number of benzene rings is 1. The van der Waals surface area contributed by atoms with Crippen LogP contribution in [0.1, 0.15) is 16.7 Å². The highest BCUT2D eigenvalue weighted by Gasteiger charge is 2.24. The Bertz CT molecular complexity index is 1090. The molecule has 1 aliphatic rings. The molecule has 0 unspecified atom stereocenters. The average molecular weight is 314 g/mol. The molecule has 0 saturated carbocycles. The van der Waals surface area contributed by atoms with Gasteiger partial charge in [0.15, 0.2) is 0 Å². The molecule has 0 aliphatic heterocycles. The fourth-order valence-electron chi connectivity index (χ4n) is 4.08. The third-order valence-corrected chi connectivity index (χ3v) is 5.29. The Morgan fingerprint density at radius 1 is 1.00 bits per heavy atom. The van der Waals surface area contributed by atoms with E-state index >= 15 is 0 Å². The monoisotopic (exact) mass is 314 g/mol. The van der Waals surface area contributed by atoms with E-state index in [0.29, 0.717) is 0 Å². The number of pyridine rings is 1. The normalized spacial score (nSPS) is 12.6. The van der Waals surface area contributed by atoms with Crippen LogP contribution in [0, 0.1) is 6.92 Å². The number of nitrogens with zero attached hydrogens (tertiary/aromatic N) is 3. The van der Waals surface area contributed by atoms with Crippen LogP contribution in [0.2, 0.25) is 0 Å². The lowest BCUT2D eigenvalue weighted by molar-refractivity contribution is -0.659. The maximum absolute atomic E-state index is 2.38. The minimum absolute atomic E-state index is 1.01. The first-order valence-electron chi connectivity index (χ1n) is 8.36. The Hall–Kier alpha value is -2.81. The predicted octanol–water partition coefficient (Wildman–Crippen LogP) is 3.65. The van der Waals surface area contributed by atoms with Crippen molar-refractivity contribution in [1.29, 1.82) is 0 Å². The summed E-state index contributed by atoms with van der Waals surface area (Å²) >= 11 is 0. The van der Waals surface area contributed by atoms with Crippen LogP contribution in [0.5, 0.6) is 0 Å². The number of fused-ring (bicyclic) bond motifs is 4. The van der Waals surface area contributed by atoms with Crippen molar-refractivity contribution in [3.05, 3.63) is 71.8 Å². The molecule has 0 atom stereocenters. The van der Waals surface area contributed by atoms with Gasteiger partial charge in [0.2, 0.25) is 0 Å². The maximum atomic E-state index is 2.38. The highest BCUT2D eigenvalue weighted by atomic mass is 15.1. The summed E-state index contributed by atoms with van der Waals surface area (Å²) in [4.78, 5) is 0. The largest absolute Gasteiger partial charge is 0.324 e. The van der Waals surface area contributed by atoms with Gasteiger partial charge >= 0.3 is 0 Å². The summed E-state index contributed by atoms with van der Waals surface area (Å²) in [5, 5.41) is 0. The zero-order chi connectivity index (χ0) is 16.4. The fourth-order valence-corrected chi connectivity index (χ4v) is 4.08. The van der Waals surface area contributed by atoms with Crippen LogP contribution >= 0.6 is 0 Å². The second-order valence-electron chi connectivity index (χ2n) is 6.90. The van der Waals surface area contributed by atoms with Gasteiger partial charge in [0, 0.05) is 24.3 Å². The van der Waals surface area contributed by atoms with Crippen LogP contribution in [0.25, 0.3) is 28.0 Å². The zero-order valence-corrected chi connectivity index (χ0v) is 14.2. The third kappa shape index (κ3) is 1.75. The third-order valence-electron chi connectivity index (χ3n) is 5.29. The molecule has 118 valence electrons. The first-order chi connectivity index (χ1) is 11.6. The SMILES string of the molecule is Cc1cc2c(cc1-c1n(C)cc[n+]1C)Cc1cn3cccc3cc1-2. The molecule has 1 aromatic carbocycles. The summed E-state index contributed by atoms with van der Waals surface area (Å²) in [6.45, 7) is 2.22. The lowest BCUT2D eigenvalue weighted by Crippen LogP contribution is -2.29. The van der Waals surface area contributed by atoms with Crippen LogP contribution in [0.4, 0.5) is 0 Å². The van der Waals surface area contributed by atoms with Crippen LogP contribution in [0.15, 0.2) is 55.1 Å².